The highest BCUT2D eigenvalue weighted by molar-refractivity contribution is 14.1. The maximum atomic E-state index is 12.9. The van der Waals surface area contributed by atoms with Gasteiger partial charge < -0.3 is 15.3 Å². The van der Waals surface area contributed by atoms with Gasteiger partial charge in [-0.2, -0.15) is 15.5 Å². The molecule has 0 aliphatic carbocycles. The summed E-state index contributed by atoms with van der Waals surface area (Å²) in [5.41, 5.74) is 4.10. The van der Waals surface area contributed by atoms with E-state index >= 15 is 0 Å². The number of nitrogens with one attached hydrogen (secondary N) is 1. The van der Waals surface area contributed by atoms with Crippen LogP contribution < -0.4 is 10.2 Å². The third kappa shape index (κ3) is 5.03. The number of amides is 1. The Morgan fingerprint density at radius 2 is 2.00 bits per heavy atom. The lowest BCUT2D eigenvalue weighted by Crippen LogP contribution is -2.60. The first-order chi connectivity index (χ1) is 16.0. The maximum absolute atomic E-state index is 12.9. The number of hydrogen-bond donors (Lipinski definition) is 2. The Kier molecular flexibility index (Phi) is 6.31. The van der Waals surface area contributed by atoms with Crippen molar-refractivity contribution in [1.29, 1.82) is 5.26 Å². The Hall–Kier alpha value is -3.10. The van der Waals surface area contributed by atoms with E-state index in [4.69, 9.17) is 0 Å². The summed E-state index contributed by atoms with van der Waals surface area (Å²) in [5.74, 6) is 0.293. The van der Waals surface area contributed by atoms with E-state index in [1.807, 2.05) is 43.9 Å². The molecule has 0 bridgehead atoms. The van der Waals surface area contributed by atoms with Crippen molar-refractivity contribution < 1.29 is 9.90 Å². The zero-order valence-corrected chi connectivity index (χ0v) is 21.6. The second-order valence-electron chi connectivity index (χ2n) is 9.35. The van der Waals surface area contributed by atoms with Gasteiger partial charge in [0, 0.05) is 30.5 Å². The number of aliphatic hydroxyl groups is 1. The standard InChI is InChI=1S/C25H25IN6O2/c1-15-5-6-19(30-23(33)18-8-21(24(2,3)26)31-29-12-18)9-20(15)17-7-16(10-27)22(28-11-17)32-13-25(4,34)14-32/h5-9,11-12,34H,13-14H2,1-4H3,(H,30,33). The van der Waals surface area contributed by atoms with Gasteiger partial charge in [-0.25, -0.2) is 4.98 Å². The van der Waals surface area contributed by atoms with Crippen LogP contribution in [0.1, 0.15) is 48.0 Å². The van der Waals surface area contributed by atoms with E-state index in [1.54, 1.807) is 25.3 Å². The molecule has 0 unspecified atom stereocenters. The van der Waals surface area contributed by atoms with Crippen LogP contribution in [-0.4, -0.2) is 44.9 Å². The van der Waals surface area contributed by atoms with E-state index in [2.05, 4.69) is 49.2 Å². The lowest BCUT2D eigenvalue weighted by molar-refractivity contribution is 0.0305. The molecule has 2 N–H and O–H groups in total. The summed E-state index contributed by atoms with van der Waals surface area (Å²) in [6.07, 6.45) is 3.17. The summed E-state index contributed by atoms with van der Waals surface area (Å²) >= 11 is 2.26. The van der Waals surface area contributed by atoms with Crippen LogP contribution >= 0.6 is 22.6 Å². The molecule has 174 valence electrons. The molecule has 1 aliphatic heterocycles. The molecule has 0 atom stereocenters. The fraction of sp³-hybridized carbons (Fsp3) is 0.320. The number of halogens is 1. The van der Waals surface area contributed by atoms with Crippen molar-refractivity contribution in [1.82, 2.24) is 15.2 Å². The van der Waals surface area contributed by atoms with Gasteiger partial charge in [0.1, 0.15) is 11.9 Å². The largest absolute Gasteiger partial charge is 0.386 e. The first-order valence-electron chi connectivity index (χ1n) is 10.8. The number of pyridine rings is 1. The number of β-amino-alcohol motifs (C(OH)–C–C–N with tert-alkyl or cyclic N) is 1. The predicted molar refractivity (Wildman–Crippen MR) is 139 cm³/mol. The molecule has 8 nitrogen and oxygen atoms in total. The van der Waals surface area contributed by atoms with Crippen LogP contribution in [0.4, 0.5) is 11.5 Å². The Bertz CT molecular complexity index is 1300. The van der Waals surface area contributed by atoms with Crippen LogP contribution in [0.25, 0.3) is 11.1 Å². The fourth-order valence-corrected chi connectivity index (χ4v) is 4.12. The van der Waals surface area contributed by atoms with Crippen LogP contribution in [0.15, 0.2) is 42.7 Å². The van der Waals surface area contributed by atoms with Crippen molar-refractivity contribution in [2.24, 2.45) is 0 Å². The number of nitriles is 1. The Balaban J connectivity index is 1.59. The van der Waals surface area contributed by atoms with Crippen LogP contribution in [0.3, 0.4) is 0 Å². The summed E-state index contributed by atoms with van der Waals surface area (Å²) in [4.78, 5) is 19.3. The predicted octanol–water partition coefficient (Wildman–Crippen LogP) is 4.21. The van der Waals surface area contributed by atoms with E-state index in [0.717, 1.165) is 22.4 Å². The van der Waals surface area contributed by atoms with Crippen molar-refractivity contribution in [3.8, 4) is 17.2 Å². The van der Waals surface area contributed by atoms with Gasteiger partial charge in [0.05, 0.1) is 32.0 Å². The van der Waals surface area contributed by atoms with Crippen molar-refractivity contribution in [3.63, 3.8) is 0 Å². The Morgan fingerprint density at radius 3 is 2.65 bits per heavy atom. The number of anilines is 2. The van der Waals surface area contributed by atoms with Crippen molar-refractivity contribution >= 4 is 40.0 Å². The lowest BCUT2D eigenvalue weighted by atomic mass is 9.95. The van der Waals surface area contributed by atoms with Gasteiger partial charge in [-0.15, -0.1) is 0 Å². The van der Waals surface area contributed by atoms with E-state index in [0.29, 0.717) is 35.7 Å². The van der Waals surface area contributed by atoms with E-state index in [-0.39, 0.29) is 9.33 Å². The number of carbonyl (C=O) groups excluding carboxylic acids is 1. The number of benzene rings is 1. The summed E-state index contributed by atoms with van der Waals surface area (Å²) < 4.78 is -0.248. The molecule has 1 aromatic carbocycles. The number of hydrogen-bond acceptors (Lipinski definition) is 7. The number of carbonyl (C=O) groups is 1. The number of rotatable bonds is 5. The molecule has 1 saturated heterocycles. The average Bonchev–Trinajstić information content (AvgIpc) is 2.77. The number of aromatic nitrogens is 3. The first kappa shape index (κ1) is 24.0. The van der Waals surface area contributed by atoms with E-state index < -0.39 is 5.60 Å². The second kappa shape index (κ2) is 8.92. The third-order valence-electron chi connectivity index (χ3n) is 5.68. The SMILES string of the molecule is Cc1ccc(NC(=O)c2cnnc(C(C)(C)I)c2)cc1-c1cnc(N2CC(C)(O)C2)c(C#N)c1. The minimum atomic E-state index is -0.756. The molecule has 1 fully saturated rings. The van der Waals surface area contributed by atoms with E-state index in [9.17, 15) is 15.2 Å². The molecule has 1 aliphatic rings. The molecule has 0 saturated carbocycles. The summed E-state index contributed by atoms with van der Waals surface area (Å²) in [7, 11) is 0. The topological polar surface area (TPSA) is 115 Å². The summed E-state index contributed by atoms with van der Waals surface area (Å²) in [5, 5.41) is 30.8. The van der Waals surface area contributed by atoms with Gasteiger partial charge in [0.25, 0.3) is 5.91 Å². The molecule has 2 aromatic heterocycles. The molecule has 3 heterocycles. The average molecular weight is 568 g/mol. The molecular formula is C25H25IN6O2. The van der Waals surface area contributed by atoms with E-state index in [1.165, 1.54) is 6.20 Å². The third-order valence-corrected chi connectivity index (χ3v) is 6.23. The van der Waals surface area contributed by atoms with Gasteiger partial charge in [-0.05, 0) is 63.1 Å². The zero-order valence-electron chi connectivity index (χ0n) is 19.4. The number of alkyl halides is 1. The van der Waals surface area contributed by atoms with Crippen molar-refractivity contribution in [2.75, 3.05) is 23.3 Å². The monoisotopic (exact) mass is 568 g/mol. The van der Waals surface area contributed by atoms with Crippen LogP contribution in [0.5, 0.6) is 0 Å². The quantitative estimate of drug-likeness (QED) is 0.350. The maximum Gasteiger partial charge on any atom is 0.257 e. The van der Waals surface area contributed by atoms with Crippen LogP contribution in [-0.2, 0) is 3.42 Å². The van der Waals surface area contributed by atoms with Crippen molar-refractivity contribution in [2.45, 2.75) is 36.7 Å². The summed E-state index contributed by atoms with van der Waals surface area (Å²) in [6, 6.07) is 11.4. The molecule has 0 radical (unpaired) electrons. The minimum Gasteiger partial charge on any atom is -0.386 e. The highest BCUT2D eigenvalue weighted by Crippen LogP contribution is 2.33. The second-order valence-corrected chi connectivity index (χ2v) is 12.0. The van der Waals surface area contributed by atoms with Crippen molar-refractivity contribution in [3.05, 3.63) is 65.1 Å². The molecule has 4 rings (SSSR count). The molecule has 3 aromatic rings. The van der Waals surface area contributed by atoms with Gasteiger partial charge in [0.2, 0.25) is 0 Å². The number of nitrogens with zero attached hydrogens (tertiary/aromatic N) is 5. The summed E-state index contributed by atoms with van der Waals surface area (Å²) in [6.45, 7) is 8.62. The minimum absolute atomic E-state index is 0.248. The van der Waals surface area contributed by atoms with Gasteiger partial charge >= 0.3 is 0 Å². The van der Waals surface area contributed by atoms with Gasteiger partial charge in [-0.3, -0.25) is 4.79 Å². The van der Waals surface area contributed by atoms with Gasteiger partial charge in [0.15, 0.2) is 0 Å². The highest BCUT2D eigenvalue weighted by Gasteiger charge is 2.38. The molecular weight excluding hydrogens is 543 g/mol. The lowest BCUT2D eigenvalue weighted by Gasteiger charge is -2.45. The van der Waals surface area contributed by atoms with Crippen LogP contribution in [0.2, 0.25) is 0 Å². The Labute approximate surface area is 212 Å². The highest BCUT2D eigenvalue weighted by atomic mass is 127. The number of aryl methyl sites for hydroxylation is 1. The first-order valence-corrected chi connectivity index (χ1v) is 11.9. The Morgan fingerprint density at radius 1 is 1.26 bits per heavy atom. The normalized spacial score (nSPS) is 14.8. The zero-order chi connectivity index (χ0) is 24.7. The smallest absolute Gasteiger partial charge is 0.257 e. The molecule has 0 spiro atoms. The van der Waals surface area contributed by atoms with Crippen LogP contribution in [0, 0.1) is 18.3 Å². The molecule has 1 amide bonds. The molecule has 34 heavy (non-hydrogen) atoms. The molecule has 9 heteroatoms. The van der Waals surface area contributed by atoms with Gasteiger partial charge in [-0.1, -0.05) is 28.7 Å². The fourth-order valence-electron chi connectivity index (χ4n) is 3.86.